The van der Waals surface area contributed by atoms with Crippen LogP contribution in [0.1, 0.15) is 11.3 Å². The summed E-state index contributed by atoms with van der Waals surface area (Å²) in [6, 6.07) is 11.8. The van der Waals surface area contributed by atoms with Crippen LogP contribution in [-0.2, 0) is 11.2 Å². The third-order valence-corrected chi connectivity index (χ3v) is 4.02. The van der Waals surface area contributed by atoms with E-state index in [4.69, 9.17) is 0 Å². The molecule has 2 aromatic heterocycles. The van der Waals surface area contributed by atoms with Gasteiger partial charge in [0.2, 0.25) is 0 Å². The van der Waals surface area contributed by atoms with Crippen LogP contribution < -0.4 is 0 Å². The summed E-state index contributed by atoms with van der Waals surface area (Å²) in [5, 5.41) is 9.19. The Labute approximate surface area is 135 Å². The van der Waals surface area contributed by atoms with Gasteiger partial charge in [-0.2, -0.15) is 0 Å². The Morgan fingerprint density at radius 1 is 1.24 bits per heavy atom. The highest BCUT2D eigenvalue weighted by Crippen LogP contribution is 2.26. The molecule has 0 saturated heterocycles. The fourth-order valence-corrected chi connectivity index (χ4v) is 2.71. The Morgan fingerprint density at radius 2 is 1.95 bits per heavy atom. The number of fused-ring (bicyclic) bond motifs is 1. The van der Waals surface area contributed by atoms with Crippen molar-refractivity contribution in [3.05, 3.63) is 57.4 Å². The topological polar surface area (TPSA) is 54.6 Å². The summed E-state index contributed by atoms with van der Waals surface area (Å²) in [6.07, 6.45) is 1.88. The van der Waals surface area contributed by atoms with Crippen molar-refractivity contribution in [2.24, 2.45) is 0 Å². The first-order chi connectivity index (χ1) is 10.0. The van der Waals surface area contributed by atoms with Crippen molar-refractivity contribution < 1.29 is 9.90 Å². The highest BCUT2D eigenvalue weighted by atomic mass is 127. The van der Waals surface area contributed by atoms with Crippen LogP contribution in [0.15, 0.2) is 42.6 Å². The van der Waals surface area contributed by atoms with Crippen LogP contribution in [-0.4, -0.2) is 20.5 Å². The molecule has 1 N–H and O–H groups in total. The second-order valence-electron chi connectivity index (χ2n) is 4.92. The summed E-state index contributed by atoms with van der Waals surface area (Å²) in [5.74, 6) is -0.856. The predicted molar refractivity (Wildman–Crippen MR) is 89.4 cm³/mol. The number of carboxylic acids is 1. The van der Waals surface area contributed by atoms with E-state index in [1.165, 1.54) is 0 Å². The highest BCUT2D eigenvalue weighted by Gasteiger charge is 2.16. The number of aryl methyl sites for hydroxylation is 1. The number of rotatable bonds is 3. The summed E-state index contributed by atoms with van der Waals surface area (Å²) >= 11 is 2.24. The molecule has 0 radical (unpaired) electrons. The molecule has 0 unspecified atom stereocenters. The van der Waals surface area contributed by atoms with Gasteiger partial charge in [-0.3, -0.25) is 4.79 Å². The monoisotopic (exact) mass is 392 g/mol. The number of aromatic nitrogens is 2. The van der Waals surface area contributed by atoms with E-state index < -0.39 is 5.97 Å². The van der Waals surface area contributed by atoms with Crippen LogP contribution >= 0.6 is 22.6 Å². The standard InChI is InChI=1S/C16H13IN2O2/c1-10-2-7-14-18-16(11-3-5-12(17)6-4-11)13(8-15(20)21)19(14)9-10/h2-7,9H,8H2,1H3,(H,20,21). The van der Waals surface area contributed by atoms with E-state index in [0.717, 1.165) is 26.0 Å². The lowest BCUT2D eigenvalue weighted by Crippen LogP contribution is -2.05. The maximum atomic E-state index is 11.2. The smallest absolute Gasteiger partial charge is 0.309 e. The molecule has 0 amide bonds. The molecule has 21 heavy (non-hydrogen) atoms. The van der Waals surface area contributed by atoms with Crippen LogP contribution in [0.25, 0.3) is 16.9 Å². The van der Waals surface area contributed by atoms with Crippen LogP contribution in [0.4, 0.5) is 0 Å². The molecule has 1 aromatic carbocycles. The molecule has 0 saturated carbocycles. The lowest BCUT2D eigenvalue weighted by molar-refractivity contribution is -0.136. The number of halogens is 1. The molecule has 0 aliphatic carbocycles. The zero-order chi connectivity index (χ0) is 15.0. The Morgan fingerprint density at radius 3 is 2.62 bits per heavy atom. The van der Waals surface area contributed by atoms with Crippen molar-refractivity contribution in [1.29, 1.82) is 0 Å². The summed E-state index contributed by atoms with van der Waals surface area (Å²) in [4.78, 5) is 15.8. The number of hydrogen-bond acceptors (Lipinski definition) is 2. The molecule has 0 aliphatic heterocycles. The molecule has 4 nitrogen and oxygen atoms in total. The number of nitrogens with zero attached hydrogens (tertiary/aromatic N) is 2. The van der Waals surface area contributed by atoms with Gasteiger partial charge in [0.25, 0.3) is 0 Å². The van der Waals surface area contributed by atoms with E-state index in [-0.39, 0.29) is 6.42 Å². The summed E-state index contributed by atoms with van der Waals surface area (Å²) < 4.78 is 3.01. The zero-order valence-corrected chi connectivity index (χ0v) is 13.5. The maximum absolute atomic E-state index is 11.2. The first kappa shape index (κ1) is 14.1. The molecule has 3 aromatic rings. The third kappa shape index (κ3) is 2.78. The minimum absolute atomic E-state index is 0.0497. The van der Waals surface area contributed by atoms with Crippen molar-refractivity contribution >= 4 is 34.2 Å². The number of imidazole rings is 1. The fraction of sp³-hybridized carbons (Fsp3) is 0.125. The molecule has 0 bridgehead atoms. The van der Waals surface area contributed by atoms with E-state index in [0.29, 0.717) is 5.69 Å². The minimum Gasteiger partial charge on any atom is -0.481 e. The molecule has 0 aliphatic rings. The average Bonchev–Trinajstić information content (AvgIpc) is 2.77. The molecule has 0 atom stereocenters. The molecule has 0 spiro atoms. The number of pyridine rings is 1. The zero-order valence-electron chi connectivity index (χ0n) is 11.4. The Kier molecular flexibility index (Phi) is 3.67. The molecule has 0 fully saturated rings. The first-order valence-corrected chi connectivity index (χ1v) is 7.58. The van der Waals surface area contributed by atoms with Crippen molar-refractivity contribution in [3.63, 3.8) is 0 Å². The van der Waals surface area contributed by atoms with Gasteiger partial charge < -0.3 is 9.51 Å². The van der Waals surface area contributed by atoms with E-state index >= 15 is 0 Å². The average molecular weight is 392 g/mol. The lowest BCUT2D eigenvalue weighted by atomic mass is 10.1. The van der Waals surface area contributed by atoms with Crippen LogP contribution in [0.5, 0.6) is 0 Å². The molecule has 3 rings (SSSR count). The third-order valence-electron chi connectivity index (χ3n) is 3.30. The van der Waals surface area contributed by atoms with Gasteiger partial charge in [-0.25, -0.2) is 4.98 Å². The van der Waals surface area contributed by atoms with Crippen molar-refractivity contribution in [2.45, 2.75) is 13.3 Å². The van der Waals surface area contributed by atoms with Gasteiger partial charge in [0.15, 0.2) is 0 Å². The van der Waals surface area contributed by atoms with Crippen LogP contribution in [0.2, 0.25) is 0 Å². The second kappa shape index (κ2) is 5.48. The van der Waals surface area contributed by atoms with E-state index in [1.54, 1.807) is 0 Å². The van der Waals surface area contributed by atoms with Crippen molar-refractivity contribution in [2.75, 3.05) is 0 Å². The second-order valence-corrected chi connectivity index (χ2v) is 6.16. The van der Waals surface area contributed by atoms with Gasteiger partial charge in [-0.05, 0) is 53.3 Å². The van der Waals surface area contributed by atoms with Crippen molar-refractivity contribution in [1.82, 2.24) is 9.38 Å². The number of carboxylic acid groups (broad SMARTS) is 1. The van der Waals surface area contributed by atoms with Gasteiger partial charge in [-0.1, -0.05) is 18.2 Å². The largest absolute Gasteiger partial charge is 0.481 e. The molecule has 2 heterocycles. The van der Waals surface area contributed by atoms with Gasteiger partial charge >= 0.3 is 5.97 Å². The summed E-state index contributed by atoms with van der Waals surface area (Å²) in [7, 11) is 0. The number of hydrogen-bond donors (Lipinski definition) is 1. The fourth-order valence-electron chi connectivity index (χ4n) is 2.35. The normalized spacial score (nSPS) is 11.0. The van der Waals surface area contributed by atoms with E-state index in [2.05, 4.69) is 27.6 Å². The van der Waals surface area contributed by atoms with Gasteiger partial charge in [0.1, 0.15) is 5.65 Å². The SMILES string of the molecule is Cc1ccc2nc(-c3ccc(I)cc3)c(CC(=O)O)n2c1. The van der Waals surface area contributed by atoms with Crippen LogP contribution in [0.3, 0.4) is 0 Å². The summed E-state index contributed by atoms with van der Waals surface area (Å²) in [5.41, 5.74) is 4.22. The number of aliphatic carboxylic acids is 1. The predicted octanol–water partition coefficient (Wildman–Crippen LogP) is 3.54. The van der Waals surface area contributed by atoms with E-state index in [9.17, 15) is 9.90 Å². The minimum atomic E-state index is -0.856. The van der Waals surface area contributed by atoms with Crippen LogP contribution in [0, 0.1) is 10.5 Å². The molecule has 106 valence electrons. The van der Waals surface area contributed by atoms with E-state index in [1.807, 2.05) is 53.9 Å². The maximum Gasteiger partial charge on any atom is 0.309 e. The van der Waals surface area contributed by atoms with Gasteiger partial charge in [0.05, 0.1) is 17.8 Å². The quantitative estimate of drug-likeness (QED) is 0.694. The Bertz CT molecular complexity index is 822. The molecular weight excluding hydrogens is 379 g/mol. The Hall–Kier alpha value is -1.89. The number of benzene rings is 1. The summed E-state index contributed by atoms with van der Waals surface area (Å²) in [6.45, 7) is 1.98. The number of carbonyl (C=O) groups is 1. The van der Waals surface area contributed by atoms with Crippen molar-refractivity contribution in [3.8, 4) is 11.3 Å². The Balaban J connectivity index is 2.25. The highest BCUT2D eigenvalue weighted by molar-refractivity contribution is 14.1. The molecule has 5 heteroatoms. The first-order valence-electron chi connectivity index (χ1n) is 6.50. The van der Waals surface area contributed by atoms with Gasteiger partial charge in [0, 0.05) is 15.3 Å². The van der Waals surface area contributed by atoms with Gasteiger partial charge in [-0.15, -0.1) is 0 Å². The molecular formula is C16H13IN2O2. The lowest BCUT2D eigenvalue weighted by Gasteiger charge is -2.04.